The van der Waals surface area contributed by atoms with Crippen molar-refractivity contribution >= 4 is 29.3 Å². The fourth-order valence-corrected chi connectivity index (χ4v) is 6.40. The number of carbonyl (C=O) groups is 2. The minimum absolute atomic E-state index is 0.0392. The number of rotatable bonds is 15. The van der Waals surface area contributed by atoms with E-state index in [2.05, 4.69) is 83.4 Å². The first-order valence-corrected chi connectivity index (χ1v) is 15.6. The molecule has 0 aliphatic rings. The predicted octanol–water partition coefficient (Wildman–Crippen LogP) is 6.88. The molecule has 0 aliphatic heterocycles. The molecular formula is C36H41N3O2S. The molecule has 218 valence electrons. The van der Waals surface area contributed by atoms with Gasteiger partial charge in [0.15, 0.2) is 0 Å². The van der Waals surface area contributed by atoms with Gasteiger partial charge in [0.25, 0.3) is 5.91 Å². The van der Waals surface area contributed by atoms with Gasteiger partial charge in [-0.3, -0.25) is 9.59 Å². The Bertz CT molecular complexity index is 1280. The van der Waals surface area contributed by atoms with E-state index in [0.29, 0.717) is 24.4 Å². The van der Waals surface area contributed by atoms with Crippen molar-refractivity contribution in [2.24, 2.45) is 0 Å². The van der Waals surface area contributed by atoms with Crippen LogP contribution in [0.5, 0.6) is 0 Å². The third kappa shape index (κ3) is 8.26. The minimum Gasteiger partial charge on any atom is -0.378 e. The van der Waals surface area contributed by atoms with Crippen LogP contribution in [-0.2, 0) is 9.54 Å². The molecule has 2 N–H and O–H groups in total. The van der Waals surface area contributed by atoms with Crippen molar-refractivity contribution in [1.82, 2.24) is 10.6 Å². The summed E-state index contributed by atoms with van der Waals surface area (Å²) in [5.41, 5.74) is 5.20. The van der Waals surface area contributed by atoms with E-state index in [1.807, 2.05) is 61.5 Å². The summed E-state index contributed by atoms with van der Waals surface area (Å²) in [6.07, 6.45) is 3.84. The lowest BCUT2D eigenvalue weighted by atomic mass is 9.84. The van der Waals surface area contributed by atoms with Crippen LogP contribution in [0.25, 0.3) is 0 Å². The van der Waals surface area contributed by atoms with Gasteiger partial charge in [-0.25, -0.2) is 0 Å². The third-order valence-corrected chi connectivity index (χ3v) is 8.86. The number of anilines is 1. The maximum absolute atomic E-state index is 13.0. The Morgan fingerprint density at radius 2 is 1.07 bits per heavy atom. The van der Waals surface area contributed by atoms with Crippen LogP contribution in [0.2, 0.25) is 0 Å². The maximum atomic E-state index is 13.0. The topological polar surface area (TPSA) is 61.4 Å². The van der Waals surface area contributed by atoms with Crippen molar-refractivity contribution < 1.29 is 9.59 Å². The third-order valence-electron chi connectivity index (χ3n) is 7.32. The first kappa shape index (κ1) is 30.9. The summed E-state index contributed by atoms with van der Waals surface area (Å²) < 4.78 is -0.500. The smallest absolute Gasteiger partial charge is 0.251 e. The highest BCUT2D eigenvalue weighted by atomic mass is 32.2. The van der Waals surface area contributed by atoms with Crippen molar-refractivity contribution in [2.45, 2.75) is 30.4 Å². The van der Waals surface area contributed by atoms with Crippen LogP contribution >= 0.6 is 11.8 Å². The van der Waals surface area contributed by atoms with Crippen molar-refractivity contribution in [3.63, 3.8) is 0 Å². The first-order valence-electron chi connectivity index (χ1n) is 14.6. The Morgan fingerprint density at radius 1 is 0.619 bits per heavy atom. The van der Waals surface area contributed by atoms with Gasteiger partial charge in [-0.1, -0.05) is 104 Å². The van der Waals surface area contributed by atoms with Crippen LogP contribution in [0.4, 0.5) is 5.69 Å². The number of unbranched alkanes of at least 4 members (excludes halogenated alkanes) is 3. The second kappa shape index (κ2) is 15.8. The van der Waals surface area contributed by atoms with Crippen molar-refractivity contribution in [2.75, 3.05) is 37.8 Å². The molecule has 5 nitrogen and oxygen atoms in total. The predicted molar refractivity (Wildman–Crippen MR) is 176 cm³/mol. The monoisotopic (exact) mass is 579 g/mol. The molecule has 0 radical (unpaired) electrons. The average Bonchev–Trinajstić information content (AvgIpc) is 3.04. The number of nitrogens with zero attached hydrogens (tertiary/aromatic N) is 1. The Balaban J connectivity index is 1.23. The minimum atomic E-state index is -0.500. The summed E-state index contributed by atoms with van der Waals surface area (Å²) >= 11 is 1.66. The quantitative estimate of drug-likeness (QED) is 0.119. The average molecular weight is 580 g/mol. The van der Waals surface area contributed by atoms with E-state index in [-0.39, 0.29) is 11.8 Å². The van der Waals surface area contributed by atoms with Gasteiger partial charge in [-0.15, -0.1) is 11.8 Å². The molecule has 0 aliphatic carbocycles. The second-order valence-corrected chi connectivity index (χ2v) is 11.7. The van der Waals surface area contributed by atoms with Crippen LogP contribution in [0.15, 0.2) is 115 Å². The SMILES string of the molecule is CN(C)c1ccc(C(=O)NCCCCCCNC(=O)CSC(c2ccccc2)(c2ccccc2)c2ccccc2)cc1. The molecule has 0 heterocycles. The fraction of sp³-hybridized carbons (Fsp3) is 0.278. The van der Waals surface area contributed by atoms with Crippen LogP contribution < -0.4 is 15.5 Å². The van der Waals surface area contributed by atoms with Crippen molar-refractivity contribution in [3.8, 4) is 0 Å². The van der Waals surface area contributed by atoms with Gasteiger partial charge in [0.2, 0.25) is 5.91 Å². The molecule has 0 saturated carbocycles. The normalized spacial score (nSPS) is 11.1. The molecule has 6 heteroatoms. The van der Waals surface area contributed by atoms with E-state index in [4.69, 9.17) is 0 Å². The van der Waals surface area contributed by atoms with Gasteiger partial charge < -0.3 is 15.5 Å². The zero-order valence-electron chi connectivity index (χ0n) is 24.6. The van der Waals surface area contributed by atoms with E-state index in [9.17, 15) is 9.59 Å². The molecule has 42 heavy (non-hydrogen) atoms. The van der Waals surface area contributed by atoms with Gasteiger partial charge in [0.1, 0.15) is 0 Å². The zero-order chi connectivity index (χ0) is 29.6. The van der Waals surface area contributed by atoms with Crippen LogP contribution in [0.3, 0.4) is 0 Å². The van der Waals surface area contributed by atoms with Gasteiger partial charge in [-0.2, -0.15) is 0 Å². The van der Waals surface area contributed by atoms with Gasteiger partial charge in [0, 0.05) is 38.4 Å². The van der Waals surface area contributed by atoms with E-state index >= 15 is 0 Å². The highest BCUT2D eigenvalue weighted by molar-refractivity contribution is 8.01. The summed E-state index contributed by atoms with van der Waals surface area (Å²) in [6.45, 7) is 1.30. The summed E-state index contributed by atoms with van der Waals surface area (Å²) in [7, 11) is 3.96. The fourth-order valence-electron chi connectivity index (χ4n) is 5.04. The van der Waals surface area contributed by atoms with E-state index in [1.165, 1.54) is 0 Å². The Hall–Kier alpha value is -4.03. The molecule has 0 unspecified atom stereocenters. The maximum Gasteiger partial charge on any atom is 0.251 e. The number of carbonyl (C=O) groups excluding carboxylic acids is 2. The largest absolute Gasteiger partial charge is 0.378 e. The molecular weight excluding hydrogens is 538 g/mol. The summed E-state index contributed by atoms with van der Waals surface area (Å²) in [4.78, 5) is 27.4. The molecule has 4 aromatic rings. The molecule has 4 rings (SSSR count). The van der Waals surface area contributed by atoms with Crippen LogP contribution in [0.1, 0.15) is 52.7 Å². The standard InChI is InChI=1S/C36H41N3O2S/c1-39(2)33-24-22-29(23-25-33)35(41)38-27-15-4-3-14-26-37-34(40)28-42-36(30-16-8-5-9-17-30,31-18-10-6-11-19-31)32-20-12-7-13-21-32/h5-13,16-25H,3-4,14-15,26-28H2,1-2H3,(H,37,40)(H,38,41). The first-order chi connectivity index (χ1) is 20.5. The number of hydrogen-bond donors (Lipinski definition) is 2. The lowest BCUT2D eigenvalue weighted by molar-refractivity contribution is -0.118. The van der Waals surface area contributed by atoms with Gasteiger partial charge in [0.05, 0.1) is 10.5 Å². The van der Waals surface area contributed by atoms with Crippen molar-refractivity contribution in [1.29, 1.82) is 0 Å². The van der Waals surface area contributed by atoms with E-state index in [0.717, 1.165) is 48.1 Å². The molecule has 0 atom stereocenters. The van der Waals surface area contributed by atoms with E-state index in [1.54, 1.807) is 11.8 Å². The number of nitrogens with one attached hydrogen (secondary N) is 2. The molecule has 4 aromatic carbocycles. The van der Waals surface area contributed by atoms with Gasteiger partial charge in [-0.05, 0) is 53.8 Å². The lowest BCUT2D eigenvalue weighted by Crippen LogP contribution is -2.31. The summed E-state index contributed by atoms with van der Waals surface area (Å²) in [5, 5.41) is 6.12. The number of amides is 2. The Kier molecular flexibility index (Phi) is 11.7. The highest BCUT2D eigenvalue weighted by Crippen LogP contribution is 2.48. The van der Waals surface area contributed by atoms with Crippen molar-refractivity contribution in [3.05, 3.63) is 138 Å². The number of hydrogen-bond acceptors (Lipinski definition) is 4. The zero-order valence-corrected chi connectivity index (χ0v) is 25.4. The molecule has 0 saturated heterocycles. The molecule has 0 bridgehead atoms. The molecule has 0 aromatic heterocycles. The molecule has 0 spiro atoms. The van der Waals surface area contributed by atoms with Gasteiger partial charge >= 0.3 is 0 Å². The molecule has 2 amide bonds. The Labute approximate surface area is 254 Å². The van der Waals surface area contributed by atoms with Crippen LogP contribution in [-0.4, -0.2) is 44.8 Å². The summed E-state index contributed by atoms with van der Waals surface area (Å²) in [5.74, 6) is 0.350. The number of thioether (sulfide) groups is 1. The number of benzene rings is 4. The van der Waals surface area contributed by atoms with E-state index < -0.39 is 4.75 Å². The Morgan fingerprint density at radius 3 is 1.52 bits per heavy atom. The van der Waals surface area contributed by atoms with Crippen LogP contribution in [0, 0.1) is 0 Å². The summed E-state index contributed by atoms with van der Waals surface area (Å²) in [6, 6.07) is 38.9. The second-order valence-electron chi connectivity index (χ2n) is 10.5. The molecule has 0 fully saturated rings. The highest BCUT2D eigenvalue weighted by Gasteiger charge is 2.37. The lowest BCUT2D eigenvalue weighted by Gasteiger charge is -2.35.